The molecular weight excluding hydrogens is 304 g/mol. The van der Waals surface area contributed by atoms with Crippen LogP contribution in [0.2, 0.25) is 0 Å². The van der Waals surface area contributed by atoms with Crippen LogP contribution in [0.1, 0.15) is 57.1 Å². The Morgan fingerprint density at radius 3 is 2.08 bits per heavy atom. The SMILES string of the molecule is CCCC(O)(CCC)CC(=O)NCC(=O)Nc1c(C)cccc1C. The van der Waals surface area contributed by atoms with Crippen molar-refractivity contribution in [1.82, 2.24) is 5.32 Å². The number of amides is 2. The molecule has 1 rings (SSSR count). The van der Waals surface area contributed by atoms with E-state index in [9.17, 15) is 14.7 Å². The number of aliphatic hydroxyl groups is 1. The van der Waals surface area contributed by atoms with Crippen molar-refractivity contribution in [2.45, 2.75) is 65.4 Å². The molecule has 0 heterocycles. The Hall–Kier alpha value is -1.88. The second-order valence-electron chi connectivity index (χ2n) is 6.49. The molecule has 0 atom stereocenters. The highest BCUT2D eigenvalue weighted by Crippen LogP contribution is 2.23. The summed E-state index contributed by atoms with van der Waals surface area (Å²) < 4.78 is 0. The molecule has 0 aliphatic rings. The van der Waals surface area contributed by atoms with Gasteiger partial charge in [0.05, 0.1) is 18.6 Å². The number of carbonyl (C=O) groups excluding carboxylic acids is 2. The van der Waals surface area contributed by atoms with Crippen molar-refractivity contribution < 1.29 is 14.7 Å². The third-order valence-electron chi connectivity index (χ3n) is 4.11. The lowest BCUT2D eigenvalue weighted by atomic mass is 9.89. The van der Waals surface area contributed by atoms with Crippen LogP contribution in [-0.2, 0) is 9.59 Å². The molecule has 0 unspecified atom stereocenters. The summed E-state index contributed by atoms with van der Waals surface area (Å²) in [6.07, 6.45) is 2.84. The summed E-state index contributed by atoms with van der Waals surface area (Å²) in [4.78, 5) is 24.1. The molecule has 1 aromatic rings. The smallest absolute Gasteiger partial charge is 0.243 e. The predicted octanol–water partition coefficient (Wildman–Crippen LogP) is 3.08. The standard InChI is InChI=1S/C19H30N2O3/c1-5-10-19(24,11-6-2)12-16(22)20-13-17(23)21-18-14(3)8-7-9-15(18)4/h7-9,24H,5-6,10-13H2,1-4H3,(H,20,22)(H,21,23). The van der Waals surface area contributed by atoms with Crippen LogP contribution in [0.15, 0.2) is 18.2 Å². The van der Waals surface area contributed by atoms with Crippen molar-refractivity contribution in [3.63, 3.8) is 0 Å². The maximum absolute atomic E-state index is 12.1. The molecule has 0 aliphatic carbocycles. The van der Waals surface area contributed by atoms with Crippen LogP contribution in [0.4, 0.5) is 5.69 Å². The molecule has 2 amide bonds. The van der Waals surface area contributed by atoms with E-state index in [-0.39, 0.29) is 24.8 Å². The number of nitrogens with one attached hydrogen (secondary N) is 2. The number of hydrogen-bond acceptors (Lipinski definition) is 3. The number of hydrogen-bond donors (Lipinski definition) is 3. The average Bonchev–Trinajstić information content (AvgIpc) is 2.49. The van der Waals surface area contributed by atoms with Gasteiger partial charge >= 0.3 is 0 Å². The molecular formula is C19H30N2O3. The zero-order valence-corrected chi connectivity index (χ0v) is 15.2. The number of anilines is 1. The van der Waals surface area contributed by atoms with Gasteiger partial charge in [-0.25, -0.2) is 0 Å². The highest BCUT2D eigenvalue weighted by atomic mass is 16.3. The number of rotatable bonds is 9. The molecule has 0 bridgehead atoms. The lowest BCUT2D eigenvalue weighted by Crippen LogP contribution is -2.39. The molecule has 1 aromatic carbocycles. The number of para-hydroxylation sites is 1. The van der Waals surface area contributed by atoms with E-state index >= 15 is 0 Å². The zero-order chi connectivity index (χ0) is 18.2. The predicted molar refractivity (Wildman–Crippen MR) is 96.9 cm³/mol. The normalized spacial score (nSPS) is 11.2. The fraction of sp³-hybridized carbons (Fsp3) is 0.579. The molecule has 0 aliphatic heterocycles. The Labute approximate surface area is 144 Å². The molecule has 0 spiro atoms. The molecule has 0 radical (unpaired) electrons. The first-order valence-corrected chi connectivity index (χ1v) is 8.66. The molecule has 0 saturated carbocycles. The summed E-state index contributed by atoms with van der Waals surface area (Å²) in [7, 11) is 0. The van der Waals surface area contributed by atoms with Crippen molar-refractivity contribution >= 4 is 17.5 Å². The van der Waals surface area contributed by atoms with Gasteiger partial charge in [0.15, 0.2) is 0 Å². The largest absolute Gasteiger partial charge is 0.389 e. The second-order valence-corrected chi connectivity index (χ2v) is 6.49. The van der Waals surface area contributed by atoms with E-state index in [0.717, 1.165) is 29.7 Å². The minimum Gasteiger partial charge on any atom is -0.389 e. The highest BCUT2D eigenvalue weighted by Gasteiger charge is 2.28. The van der Waals surface area contributed by atoms with Gasteiger partial charge in [-0.1, -0.05) is 44.9 Å². The first-order valence-electron chi connectivity index (χ1n) is 8.66. The maximum Gasteiger partial charge on any atom is 0.243 e. The van der Waals surface area contributed by atoms with Gasteiger partial charge in [-0.2, -0.15) is 0 Å². The minimum atomic E-state index is -0.976. The van der Waals surface area contributed by atoms with Crippen LogP contribution in [-0.4, -0.2) is 29.1 Å². The third kappa shape index (κ3) is 6.32. The summed E-state index contributed by atoms with van der Waals surface area (Å²) in [5.41, 5.74) is 1.77. The van der Waals surface area contributed by atoms with Crippen LogP contribution in [0, 0.1) is 13.8 Å². The van der Waals surface area contributed by atoms with Crippen LogP contribution < -0.4 is 10.6 Å². The molecule has 5 nitrogen and oxygen atoms in total. The molecule has 0 saturated heterocycles. The summed E-state index contributed by atoms with van der Waals surface area (Å²) in [5.74, 6) is -0.564. The van der Waals surface area contributed by atoms with Crippen LogP contribution in [0.5, 0.6) is 0 Å². The fourth-order valence-electron chi connectivity index (χ4n) is 2.97. The monoisotopic (exact) mass is 334 g/mol. The Morgan fingerprint density at radius 2 is 1.58 bits per heavy atom. The lowest BCUT2D eigenvalue weighted by molar-refractivity contribution is -0.128. The molecule has 5 heteroatoms. The quantitative estimate of drug-likeness (QED) is 0.649. The number of benzene rings is 1. The average molecular weight is 334 g/mol. The van der Waals surface area contributed by atoms with E-state index in [1.807, 2.05) is 45.9 Å². The van der Waals surface area contributed by atoms with Crippen molar-refractivity contribution in [3.05, 3.63) is 29.3 Å². The second kappa shape index (κ2) is 9.42. The first-order chi connectivity index (χ1) is 11.3. The Kier molecular flexibility index (Phi) is 7.92. The van der Waals surface area contributed by atoms with Gasteiger partial charge in [-0.05, 0) is 37.8 Å². The van der Waals surface area contributed by atoms with Gasteiger partial charge in [0.1, 0.15) is 0 Å². The van der Waals surface area contributed by atoms with Gasteiger partial charge in [-0.15, -0.1) is 0 Å². The topological polar surface area (TPSA) is 78.4 Å². The first kappa shape index (κ1) is 20.2. The highest BCUT2D eigenvalue weighted by molar-refractivity contribution is 5.95. The molecule has 24 heavy (non-hydrogen) atoms. The van der Waals surface area contributed by atoms with Gasteiger partial charge in [0, 0.05) is 5.69 Å². The molecule has 3 N–H and O–H groups in total. The van der Waals surface area contributed by atoms with Crippen molar-refractivity contribution in [3.8, 4) is 0 Å². The Bertz CT molecular complexity index is 543. The van der Waals surface area contributed by atoms with E-state index in [1.165, 1.54) is 0 Å². The van der Waals surface area contributed by atoms with E-state index in [1.54, 1.807) is 0 Å². The summed E-state index contributed by atoms with van der Waals surface area (Å²) in [5, 5.41) is 15.9. The van der Waals surface area contributed by atoms with Gasteiger partial charge in [0.25, 0.3) is 0 Å². The summed E-state index contributed by atoms with van der Waals surface area (Å²) in [6, 6.07) is 5.79. The van der Waals surface area contributed by atoms with Gasteiger partial charge < -0.3 is 15.7 Å². The summed E-state index contributed by atoms with van der Waals surface area (Å²) >= 11 is 0. The van der Waals surface area contributed by atoms with Crippen LogP contribution >= 0.6 is 0 Å². The van der Waals surface area contributed by atoms with Crippen molar-refractivity contribution in [1.29, 1.82) is 0 Å². The lowest BCUT2D eigenvalue weighted by Gasteiger charge is -2.26. The third-order valence-corrected chi connectivity index (χ3v) is 4.11. The minimum absolute atomic E-state index is 0.0331. The van der Waals surface area contributed by atoms with Crippen molar-refractivity contribution in [2.24, 2.45) is 0 Å². The Balaban J connectivity index is 2.53. The van der Waals surface area contributed by atoms with E-state index in [4.69, 9.17) is 0 Å². The van der Waals surface area contributed by atoms with Crippen molar-refractivity contribution in [2.75, 3.05) is 11.9 Å². The molecule has 0 fully saturated rings. The van der Waals surface area contributed by atoms with E-state index < -0.39 is 5.60 Å². The number of carbonyl (C=O) groups is 2. The summed E-state index contributed by atoms with van der Waals surface area (Å²) in [6.45, 7) is 7.72. The van der Waals surface area contributed by atoms with Crippen LogP contribution in [0.25, 0.3) is 0 Å². The van der Waals surface area contributed by atoms with E-state index in [0.29, 0.717) is 12.8 Å². The fourth-order valence-corrected chi connectivity index (χ4v) is 2.97. The zero-order valence-electron chi connectivity index (χ0n) is 15.2. The maximum atomic E-state index is 12.1. The van der Waals surface area contributed by atoms with Gasteiger partial charge in [-0.3, -0.25) is 9.59 Å². The molecule has 0 aromatic heterocycles. The van der Waals surface area contributed by atoms with E-state index in [2.05, 4.69) is 10.6 Å². The van der Waals surface area contributed by atoms with Gasteiger partial charge in [0.2, 0.25) is 11.8 Å². The Morgan fingerprint density at radius 1 is 1.04 bits per heavy atom. The van der Waals surface area contributed by atoms with Crippen LogP contribution in [0.3, 0.4) is 0 Å². The molecule has 134 valence electrons. The number of aryl methyl sites for hydroxylation is 2.